The molecule has 9 heteroatoms. The number of rotatable bonds is 4. The number of aryl methyl sites for hydroxylation is 1. The molecule has 0 aliphatic carbocycles. The van der Waals surface area contributed by atoms with Gasteiger partial charge in [-0.1, -0.05) is 0 Å². The maximum absolute atomic E-state index is 12.1. The van der Waals surface area contributed by atoms with E-state index in [-0.39, 0.29) is 6.54 Å². The lowest BCUT2D eigenvalue weighted by Gasteiger charge is -2.21. The van der Waals surface area contributed by atoms with Crippen molar-refractivity contribution in [3.05, 3.63) is 12.2 Å². The summed E-state index contributed by atoms with van der Waals surface area (Å²) in [6, 6.07) is 0. The van der Waals surface area contributed by atoms with E-state index in [2.05, 4.69) is 20.4 Å². The van der Waals surface area contributed by atoms with Crippen LogP contribution in [0.2, 0.25) is 0 Å². The zero-order valence-electron chi connectivity index (χ0n) is 11.1. The molecule has 0 aromatic carbocycles. The molecule has 19 heavy (non-hydrogen) atoms. The second kappa shape index (κ2) is 6.39. The van der Waals surface area contributed by atoms with Crippen LogP contribution in [-0.2, 0) is 13.6 Å². The molecular formula is C10H17F3N6. The zero-order valence-corrected chi connectivity index (χ0v) is 11.1. The fourth-order valence-corrected chi connectivity index (χ4v) is 1.45. The van der Waals surface area contributed by atoms with E-state index in [1.165, 1.54) is 13.4 Å². The first-order valence-electron chi connectivity index (χ1n) is 5.65. The summed E-state index contributed by atoms with van der Waals surface area (Å²) in [4.78, 5) is 9.64. The number of nitrogens with one attached hydrogen (secondary N) is 1. The number of aromatic nitrogens is 3. The lowest BCUT2D eigenvalue weighted by molar-refractivity contribution is -0.132. The quantitative estimate of drug-likeness (QED) is 0.653. The van der Waals surface area contributed by atoms with E-state index in [0.29, 0.717) is 18.3 Å². The Morgan fingerprint density at radius 3 is 2.68 bits per heavy atom. The van der Waals surface area contributed by atoms with E-state index in [1.807, 2.05) is 0 Å². The monoisotopic (exact) mass is 278 g/mol. The molecule has 1 aromatic heterocycles. The minimum absolute atomic E-state index is 0.209. The van der Waals surface area contributed by atoms with E-state index in [9.17, 15) is 13.2 Å². The summed E-state index contributed by atoms with van der Waals surface area (Å²) in [7, 11) is 4.98. The van der Waals surface area contributed by atoms with Crippen LogP contribution in [0.5, 0.6) is 0 Å². The average molecular weight is 278 g/mol. The van der Waals surface area contributed by atoms with Gasteiger partial charge in [-0.2, -0.15) is 18.3 Å². The van der Waals surface area contributed by atoms with Gasteiger partial charge in [0.15, 0.2) is 5.96 Å². The molecule has 0 aliphatic heterocycles. The Morgan fingerprint density at radius 1 is 1.53 bits per heavy atom. The first-order chi connectivity index (χ1) is 8.83. The lowest BCUT2D eigenvalue weighted by atomic mass is 10.4. The largest absolute Gasteiger partial charge is 0.390 e. The van der Waals surface area contributed by atoms with Crippen LogP contribution in [0, 0.1) is 0 Å². The first-order valence-corrected chi connectivity index (χ1v) is 5.65. The van der Waals surface area contributed by atoms with E-state index < -0.39 is 12.6 Å². The van der Waals surface area contributed by atoms with Crippen molar-refractivity contribution in [1.82, 2.24) is 25.0 Å². The van der Waals surface area contributed by atoms with Gasteiger partial charge in [-0.3, -0.25) is 9.67 Å². The number of alkyl halides is 3. The Morgan fingerprint density at radius 2 is 2.21 bits per heavy atom. The molecule has 1 heterocycles. The van der Waals surface area contributed by atoms with Crippen molar-refractivity contribution in [3.8, 4) is 0 Å². The van der Waals surface area contributed by atoms with Gasteiger partial charge in [-0.15, -0.1) is 0 Å². The third kappa shape index (κ3) is 5.14. The van der Waals surface area contributed by atoms with Crippen LogP contribution < -0.4 is 5.32 Å². The molecule has 108 valence electrons. The van der Waals surface area contributed by atoms with E-state index in [4.69, 9.17) is 0 Å². The van der Waals surface area contributed by atoms with Crippen molar-refractivity contribution >= 4 is 5.96 Å². The van der Waals surface area contributed by atoms with Gasteiger partial charge in [0, 0.05) is 27.7 Å². The van der Waals surface area contributed by atoms with Crippen molar-refractivity contribution in [1.29, 1.82) is 0 Å². The van der Waals surface area contributed by atoms with Crippen LogP contribution in [0.3, 0.4) is 0 Å². The number of guanidine groups is 1. The summed E-state index contributed by atoms with van der Waals surface area (Å²) < 4.78 is 37.8. The van der Waals surface area contributed by atoms with Crippen LogP contribution in [0.4, 0.5) is 13.2 Å². The van der Waals surface area contributed by atoms with Gasteiger partial charge in [0.2, 0.25) is 0 Å². The smallest absolute Gasteiger partial charge is 0.356 e. The van der Waals surface area contributed by atoms with Crippen LogP contribution in [0.15, 0.2) is 11.3 Å². The molecule has 0 amide bonds. The number of halogens is 3. The van der Waals surface area contributed by atoms with Crippen LogP contribution in [0.25, 0.3) is 0 Å². The summed E-state index contributed by atoms with van der Waals surface area (Å²) in [5, 5.41) is 6.58. The van der Waals surface area contributed by atoms with E-state index in [0.717, 1.165) is 0 Å². The fourth-order valence-electron chi connectivity index (χ4n) is 1.45. The average Bonchev–Trinajstić information content (AvgIpc) is 2.69. The van der Waals surface area contributed by atoms with E-state index >= 15 is 0 Å². The van der Waals surface area contributed by atoms with Crippen molar-refractivity contribution in [2.75, 3.05) is 20.6 Å². The lowest BCUT2D eigenvalue weighted by Crippen LogP contribution is -2.40. The van der Waals surface area contributed by atoms with Gasteiger partial charge in [0.1, 0.15) is 12.2 Å². The molecule has 0 fully saturated rings. The predicted molar refractivity (Wildman–Crippen MR) is 64.5 cm³/mol. The third-order valence-corrected chi connectivity index (χ3v) is 2.45. The molecule has 6 nitrogen and oxygen atoms in total. The molecule has 0 aliphatic rings. The summed E-state index contributed by atoms with van der Waals surface area (Å²) in [6.07, 6.45) is -3.65. The van der Waals surface area contributed by atoms with Crippen molar-refractivity contribution in [2.45, 2.75) is 19.1 Å². The molecule has 0 bridgehead atoms. The maximum atomic E-state index is 12.1. The zero-order chi connectivity index (χ0) is 14.5. The van der Waals surface area contributed by atoms with Gasteiger partial charge in [0.05, 0.1) is 13.0 Å². The summed E-state index contributed by atoms with van der Waals surface area (Å²) >= 11 is 0. The molecule has 0 saturated heterocycles. The Kier molecular flexibility index (Phi) is 5.13. The van der Waals surface area contributed by atoms with Gasteiger partial charge in [-0.05, 0) is 0 Å². The molecule has 1 aromatic rings. The van der Waals surface area contributed by atoms with Crippen molar-refractivity contribution in [3.63, 3.8) is 0 Å². The second-order valence-corrected chi connectivity index (χ2v) is 4.00. The molecule has 1 N–H and O–H groups in total. The molecule has 0 saturated carbocycles. The SMILES string of the molecule is CN=C(NCCC(F)(F)F)N(C)Cc1ncnn1C. The predicted octanol–water partition coefficient (Wildman–Crippen LogP) is 0.775. The molecular weight excluding hydrogens is 261 g/mol. The van der Waals surface area contributed by atoms with Crippen molar-refractivity contribution in [2.24, 2.45) is 12.0 Å². The van der Waals surface area contributed by atoms with Crippen LogP contribution >= 0.6 is 0 Å². The van der Waals surface area contributed by atoms with Gasteiger partial charge in [0.25, 0.3) is 0 Å². The summed E-state index contributed by atoms with van der Waals surface area (Å²) in [5.74, 6) is 1.08. The molecule has 1 rings (SSSR count). The number of hydrogen-bond donors (Lipinski definition) is 1. The Labute approximate surface area is 109 Å². The van der Waals surface area contributed by atoms with Gasteiger partial charge in [-0.25, -0.2) is 4.98 Å². The topological polar surface area (TPSA) is 58.3 Å². The molecule has 0 spiro atoms. The normalized spacial score (nSPS) is 12.6. The molecule has 0 atom stereocenters. The highest BCUT2D eigenvalue weighted by molar-refractivity contribution is 5.79. The summed E-state index contributed by atoms with van der Waals surface area (Å²) in [5.41, 5.74) is 0. The number of nitrogens with zero attached hydrogens (tertiary/aromatic N) is 5. The maximum Gasteiger partial charge on any atom is 0.390 e. The fraction of sp³-hybridized carbons (Fsp3) is 0.700. The molecule has 0 unspecified atom stereocenters. The second-order valence-electron chi connectivity index (χ2n) is 4.00. The number of aliphatic imine (C=N–C) groups is 1. The van der Waals surface area contributed by atoms with Crippen LogP contribution in [-0.4, -0.2) is 52.4 Å². The van der Waals surface area contributed by atoms with Gasteiger partial charge < -0.3 is 10.2 Å². The van der Waals surface area contributed by atoms with Gasteiger partial charge >= 0.3 is 6.18 Å². The van der Waals surface area contributed by atoms with Crippen molar-refractivity contribution < 1.29 is 13.2 Å². The highest BCUT2D eigenvalue weighted by atomic mass is 19.4. The minimum Gasteiger partial charge on any atom is -0.356 e. The molecule has 0 radical (unpaired) electrons. The Hall–Kier alpha value is -1.80. The van der Waals surface area contributed by atoms with E-state index in [1.54, 1.807) is 23.7 Å². The Balaban J connectivity index is 2.49. The number of hydrogen-bond acceptors (Lipinski definition) is 3. The highest BCUT2D eigenvalue weighted by Gasteiger charge is 2.26. The standard InChI is InChI=1S/C10H17F3N6/c1-14-9(15-5-4-10(11,12)13)18(2)6-8-16-7-17-19(8)3/h7H,4-6H2,1-3H3,(H,14,15). The summed E-state index contributed by atoms with van der Waals surface area (Å²) in [6.45, 7) is 0.196. The Bertz CT molecular complexity index is 425. The van der Waals surface area contributed by atoms with Crippen LogP contribution in [0.1, 0.15) is 12.2 Å². The third-order valence-electron chi connectivity index (χ3n) is 2.45. The highest BCUT2D eigenvalue weighted by Crippen LogP contribution is 2.18. The first kappa shape index (κ1) is 15.3. The minimum atomic E-state index is -4.17.